The minimum Gasteiger partial charge on any atom is -0.395 e. The van der Waals surface area contributed by atoms with E-state index in [0.717, 1.165) is 55.6 Å². The maximum absolute atomic E-state index is 6.99. The van der Waals surface area contributed by atoms with Gasteiger partial charge in [0.15, 0.2) is 0 Å². The second-order valence-electron chi connectivity index (χ2n) is 10.8. The van der Waals surface area contributed by atoms with E-state index in [4.69, 9.17) is 21.4 Å². The van der Waals surface area contributed by atoms with Crippen molar-refractivity contribution in [2.75, 3.05) is 11.5 Å². The van der Waals surface area contributed by atoms with Crippen molar-refractivity contribution in [2.24, 2.45) is 0 Å². The normalized spacial score (nSPS) is 10.9. The fourth-order valence-corrected chi connectivity index (χ4v) is 5.64. The van der Waals surface area contributed by atoms with Crippen LogP contribution in [0.5, 0.6) is 0 Å². The van der Waals surface area contributed by atoms with Crippen LogP contribution in [-0.2, 0) is 0 Å². The lowest BCUT2D eigenvalue weighted by atomic mass is 9.92. The minimum absolute atomic E-state index is 0.168. The molecule has 210 valence electrons. The van der Waals surface area contributed by atoms with Crippen molar-refractivity contribution in [3.05, 3.63) is 158 Å². The van der Waals surface area contributed by atoms with Gasteiger partial charge in [-0.15, -0.1) is 0 Å². The second kappa shape index (κ2) is 11.7. The standard InChI is InChI=1S/C40H30N4/c41-37-38(35-23-31(27-13-5-1-6-14-27)21-32(24-35)28-15-7-2-8-16-28)43-40(42)44-39(37)36-25-33(29-17-9-3-10-18-29)22-34(26-36)30-19-11-4-12-20-30/h1-26H,41H2,(H2,42,43,44). The highest BCUT2D eigenvalue weighted by molar-refractivity contribution is 5.91. The van der Waals surface area contributed by atoms with Crippen LogP contribution < -0.4 is 11.5 Å². The third-order valence-electron chi connectivity index (χ3n) is 7.80. The zero-order valence-corrected chi connectivity index (χ0v) is 24.1. The van der Waals surface area contributed by atoms with E-state index in [2.05, 4.69) is 84.9 Å². The number of aromatic nitrogens is 2. The predicted octanol–water partition coefficient (Wildman–Crippen LogP) is 9.64. The maximum atomic E-state index is 6.99. The largest absolute Gasteiger partial charge is 0.395 e. The molecule has 0 unspecified atom stereocenters. The highest BCUT2D eigenvalue weighted by Gasteiger charge is 2.18. The smallest absolute Gasteiger partial charge is 0.221 e. The Balaban J connectivity index is 1.43. The van der Waals surface area contributed by atoms with E-state index in [1.807, 2.05) is 72.8 Å². The van der Waals surface area contributed by atoms with Crippen molar-refractivity contribution >= 4 is 11.6 Å². The van der Waals surface area contributed by atoms with Gasteiger partial charge in [-0.1, -0.05) is 121 Å². The number of anilines is 2. The van der Waals surface area contributed by atoms with Crippen LogP contribution in [0, 0.1) is 0 Å². The lowest BCUT2D eigenvalue weighted by molar-refractivity contribution is 1.20. The fraction of sp³-hybridized carbons (Fsp3) is 0. The van der Waals surface area contributed by atoms with Crippen LogP contribution in [-0.4, -0.2) is 9.97 Å². The molecule has 4 N–H and O–H groups in total. The first-order valence-electron chi connectivity index (χ1n) is 14.6. The van der Waals surface area contributed by atoms with E-state index in [1.54, 1.807) is 0 Å². The van der Waals surface area contributed by atoms with Crippen molar-refractivity contribution in [3.8, 4) is 67.0 Å². The van der Waals surface area contributed by atoms with Crippen molar-refractivity contribution in [1.82, 2.24) is 9.97 Å². The summed E-state index contributed by atoms with van der Waals surface area (Å²) in [6.07, 6.45) is 0. The van der Waals surface area contributed by atoms with Gasteiger partial charge in [0.25, 0.3) is 0 Å². The Bertz CT molecular complexity index is 1790. The molecule has 6 aromatic carbocycles. The summed E-state index contributed by atoms with van der Waals surface area (Å²) in [6, 6.07) is 54.2. The van der Waals surface area contributed by atoms with Gasteiger partial charge in [-0.2, -0.15) is 0 Å². The lowest BCUT2D eigenvalue weighted by Gasteiger charge is -2.16. The third kappa shape index (κ3) is 5.44. The number of hydrogen-bond acceptors (Lipinski definition) is 4. The Hall–Kier alpha value is -6.00. The summed E-state index contributed by atoms with van der Waals surface area (Å²) in [5, 5.41) is 0. The first-order valence-corrected chi connectivity index (χ1v) is 14.6. The van der Waals surface area contributed by atoms with Crippen molar-refractivity contribution < 1.29 is 0 Å². The number of benzene rings is 6. The number of rotatable bonds is 6. The first-order chi connectivity index (χ1) is 21.6. The average molecular weight is 567 g/mol. The van der Waals surface area contributed by atoms with Gasteiger partial charge in [-0.25, -0.2) is 9.97 Å². The van der Waals surface area contributed by atoms with Gasteiger partial charge in [-0.3, -0.25) is 0 Å². The molecule has 1 heterocycles. The number of nitrogens with zero attached hydrogens (tertiary/aromatic N) is 2. The summed E-state index contributed by atoms with van der Waals surface area (Å²) in [5.74, 6) is 0.168. The zero-order chi connectivity index (χ0) is 29.9. The number of hydrogen-bond donors (Lipinski definition) is 2. The van der Waals surface area contributed by atoms with Crippen LogP contribution in [0.3, 0.4) is 0 Å². The Morgan fingerprint density at radius 1 is 0.295 bits per heavy atom. The molecule has 0 aliphatic rings. The summed E-state index contributed by atoms with van der Waals surface area (Å²) in [5.41, 5.74) is 25.5. The fourth-order valence-electron chi connectivity index (χ4n) is 5.64. The van der Waals surface area contributed by atoms with Crippen LogP contribution in [0.15, 0.2) is 158 Å². The van der Waals surface area contributed by atoms with Gasteiger partial charge in [0.1, 0.15) is 0 Å². The van der Waals surface area contributed by atoms with E-state index >= 15 is 0 Å². The van der Waals surface area contributed by atoms with E-state index < -0.39 is 0 Å². The van der Waals surface area contributed by atoms with Gasteiger partial charge in [0.2, 0.25) is 5.95 Å². The molecule has 0 bridgehead atoms. The molecule has 0 fully saturated rings. The Morgan fingerprint density at radius 2 is 0.545 bits per heavy atom. The molecule has 0 aliphatic carbocycles. The molecule has 0 saturated heterocycles. The molecule has 0 amide bonds. The van der Waals surface area contributed by atoms with Crippen LogP contribution in [0.1, 0.15) is 0 Å². The van der Waals surface area contributed by atoms with Crippen molar-refractivity contribution in [3.63, 3.8) is 0 Å². The van der Waals surface area contributed by atoms with E-state index in [0.29, 0.717) is 17.1 Å². The van der Waals surface area contributed by atoms with E-state index in [1.165, 1.54) is 0 Å². The SMILES string of the molecule is Nc1nc(-c2cc(-c3ccccc3)cc(-c3ccccc3)c2)c(N)c(-c2cc(-c3ccccc3)cc(-c3ccccc3)c2)n1. The topological polar surface area (TPSA) is 77.8 Å². The maximum Gasteiger partial charge on any atom is 0.221 e. The summed E-state index contributed by atoms with van der Waals surface area (Å²) in [6.45, 7) is 0. The molecule has 0 spiro atoms. The monoisotopic (exact) mass is 566 g/mol. The van der Waals surface area contributed by atoms with Gasteiger partial charge in [0.05, 0.1) is 17.1 Å². The number of nitrogen functional groups attached to an aromatic ring is 2. The van der Waals surface area contributed by atoms with Gasteiger partial charge in [0, 0.05) is 11.1 Å². The molecule has 0 atom stereocenters. The molecule has 4 nitrogen and oxygen atoms in total. The second-order valence-corrected chi connectivity index (χ2v) is 10.8. The molecule has 0 saturated carbocycles. The lowest BCUT2D eigenvalue weighted by Crippen LogP contribution is -2.05. The molecule has 0 aliphatic heterocycles. The molecule has 7 rings (SSSR count). The predicted molar refractivity (Wildman–Crippen MR) is 183 cm³/mol. The Labute approximate surface area is 257 Å². The summed E-state index contributed by atoms with van der Waals surface area (Å²) >= 11 is 0. The quantitative estimate of drug-likeness (QED) is 0.210. The van der Waals surface area contributed by atoms with Crippen LogP contribution >= 0.6 is 0 Å². The first kappa shape index (κ1) is 26.9. The molecule has 4 heteroatoms. The summed E-state index contributed by atoms with van der Waals surface area (Å²) in [4.78, 5) is 9.40. The third-order valence-corrected chi connectivity index (χ3v) is 7.80. The minimum atomic E-state index is 0.168. The Morgan fingerprint density at radius 3 is 0.818 bits per heavy atom. The highest BCUT2D eigenvalue weighted by atomic mass is 15.0. The number of nitrogens with two attached hydrogens (primary N) is 2. The molecule has 7 aromatic rings. The Kier molecular flexibility index (Phi) is 7.15. The summed E-state index contributed by atoms with van der Waals surface area (Å²) in [7, 11) is 0. The van der Waals surface area contributed by atoms with Crippen molar-refractivity contribution in [1.29, 1.82) is 0 Å². The average Bonchev–Trinajstić information content (AvgIpc) is 3.10. The highest BCUT2D eigenvalue weighted by Crippen LogP contribution is 2.39. The molecule has 0 radical (unpaired) electrons. The van der Waals surface area contributed by atoms with Gasteiger partial charge < -0.3 is 11.5 Å². The van der Waals surface area contributed by atoms with E-state index in [-0.39, 0.29) is 5.95 Å². The van der Waals surface area contributed by atoms with Crippen LogP contribution in [0.4, 0.5) is 11.6 Å². The van der Waals surface area contributed by atoms with Crippen LogP contribution in [0.2, 0.25) is 0 Å². The van der Waals surface area contributed by atoms with E-state index in [9.17, 15) is 0 Å². The molecular formula is C40H30N4. The molecule has 1 aromatic heterocycles. The zero-order valence-electron chi connectivity index (χ0n) is 24.1. The van der Waals surface area contributed by atoms with Crippen LogP contribution in [0.25, 0.3) is 67.0 Å². The van der Waals surface area contributed by atoms with Crippen molar-refractivity contribution in [2.45, 2.75) is 0 Å². The molecular weight excluding hydrogens is 536 g/mol. The van der Waals surface area contributed by atoms with Gasteiger partial charge >= 0.3 is 0 Å². The van der Waals surface area contributed by atoms with Gasteiger partial charge in [-0.05, 0) is 80.9 Å². The molecule has 44 heavy (non-hydrogen) atoms. The summed E-state index contributed by atoms with van der Waals surface area (Å²) < 4.78 is 0.